The van der Waals surface area contributed by atoms with E-state index in [-0.39, 0.29) is 12.6 Å². The average Bonchev–Trinajstić information content (AvgIpc) is 3.45. The van der Waals surface area contributed by atoms with E-state index in [2.05, 4.69) is 9.97 Å². The van der Waals surface area contributed by atoms with Crippen LogP contribution in [0, 0.1) is 6.92 Å². The number of nitrogens with zero attached hydrogens (tertiary/aromatic N) is 6. The van der Waals surface area contributed by atoms with Crippen LogP contribution in [-0.2, 0) is 13.2 Å². The van der Waals surface area contributed by atoms with E-state index >= 15 is 0 Å². The lowest BCUT2D eigenvalue weighted by Crippen LogP contribution is -2.29. The molecular formula is C24H23ClN6O2. The van der Waals surface area contributed by atoms with E-state index in [0.29, 0.717) is 30.4 Å². The third-order valence-corrected chi connectivity index (χ3v) is 6.15. The van der Waals surface area contributed by atoms with Crippen LogP contribution in [0.15, 0.2) is 55.4 Å². The van der Waals surface area contributed by atoms with E-state index in [1.165, 1.54) is 0 Å². The lowest BCUT2D eigenvalue weighted by atomic mass is 10.1. The molecule has 5 rings (SSSR count). The third kappa shape index (κ3) is 4.09. The molecule has 1 aliphatic heterocycles. The molecule has 8 nitrogen and oxygen atoms in total. The number of pyridine rings is 2. The minimum absolute atomic E-state index is 0.00241. The Kier molecular flexibility index (Phi) is 5.60. The Hall–Kier alpha value is -3.65. The maximum Gasteiger partial charge on any atom is 0.320 e. The minimum atomic E-state index is 0.00241. The number of halogens is 1. The second kappa shape index (κ2) is 8.71. The van der Waals surface area contributed by atoms with Crippen LogP contribution in [0.2, 0.25) is 5.02 Å². The summed E-state index contributed by atoms with van der Waals surface area (Å²) in [7, 11) is 1.80. The molecule has 0 N–H and O–H groups in total. The SMILES string of the molecule is Cc1cc(-n2ccnc2)c2cccc(OCc3c(Cl)cncc3CN3CCN(C)C3=O)c2n1. The number of urea groups is 1. The molecule has 33 heavy (non-hydrogen) atoms. The summed E-state index contributed by atoms with van der Waals surface area (Å²) < 4.78 is 8.21. The summed E-state index contributed by atoms with van der Waals surface area (Å²) in [5.41, 5.74) is 4.31. The van der Waals surface area contributed by atoms with Gasteiger partial charge in [-0.15, -0.1) is 0 Å². The van der Waals surface area contributed by atoms with Crippen molar-refractivity contribution >= 4 is 28.5 Å². The number of aryl methyl sites for hydroxylation is 1. The van der Waals surface area contributed by atoms with Crippen LogP contribution >= 0.6 is 11.6 Å². The lowest BCUT2D eigenvalue weighted by molar-refractivity contribution is 0.196. The van der Waals surface area contributed by atoms with Crippen molar-refractivity contribution in [1.29, 1.82) is 0 Å². The number of carbonyl (C=O) groups is 1. The number of benzene rings is 1. The molecule has 1 saturated heterocycles. The Labute approximate surface area is 196 Å². The number of para-hydroxylation sites is 1. The molecule has 0 spiro atoms. The molecule has 1 aromatic carbocycles. The Balaban J connectivity index is 1.46. The Morgan fingerprint density at radius 1 is 1.18 bits per heavy atom. The first-order chi connectivity index (χ1) is 16.0. The number of hydrogen-bond donors (Lipinski definition) is 0. The molecule has 2 amide bonds. The van der Waals surface area contributed by atoms with E-state index in [4.69, 9.17) is 21.3 Å². The number of likely N-dealkylation sites (N-methyl/N-ethyl adjacent to an activating group) is 1. The van der Waals surface area contributed by atoms with Crippen molar-refractivity contribution < 1.29 is 9.53 Å². The maximum absolute atomic E-state index is 12.3. The zero-order chi connectivity index (χ0) is 22.9. The van der Waals surface area contributed by atoms with Gasteiger partial charge in [0, 0.05) is 68.1 Å². The Morgan fingerprint density at radius 2 is 2.06 bits per heavy atom. The number of amides is 2. The maximum atomic E-state index is 12.3. The molecule has 0 bridgehead atoms. The molecule has 1 aliphatic rings. The summed E-state index contributed by atoms with van der Waals surface area (Å²) in [6.45, 7) is 4.01. The first kappa shape index (κ1) is 21.2. The number of carbonyl (C=O) groups excluding carboxylic acids is 1. The molecule has 3 aromatic heterocycles. The number of fused-ring (bicyclic) bond motifs is 1. The topological polar surface area (TPSA) is 76.4 Å². The highest BCUT2D eigenvalue weighted by Gasteiger charge is 2.26. The number of ether oxygens (including phenoxy) is 1. The number of rotatable bonds is 6. The number of hydrogen-bond acceptors (Lipinski definition) is 5. The third-order valence-electron chi connectivity index (χ3n) is 5.82. The van der Waals surface area contributed by atoms with Gasteiger partial charge in [0.1, 0.15) is 17.9 Å². The largest absolute Gasteiger partial charge is 0.487 e. The van der Waals surface area contributed by atoms with Gasteiger partial charge < -0.3 is 19.1 Å². The predicted molar refractivity (Wildman–Crippen MR) is 126 cm³/mol. The fourth-order valence-electron chi connectivity index (χ4n) is 4.07. The molecule has 1 fully saturated rings. The molecule has 0 atom stereocenters. The van der Waals surface area contributed by atoms with Crippen molar-refractivity contribution in [2.75, 3.05) is 20.1 Å². The summed E-state index contributed by atoms with van der Waals surface area (Å²) in [5.74, 6) is 0.661. The van der Waals surface area contributed by atoms with Crippen molar-refractivity contribution in [3.05, 3.63) is 77.2 Å². The average molecular weight is 463 g/mol. The van der Waals surface area contributed by atoms with Gasteiger partial charge in [0.15, 0.2) is 0 Å². The second-order valence-electron chi connectivity index (χ2n) is 8.08. The lowest BCUT2D eigenvalue weighted by Gasteiger charge is -2.19. The van der Waals surface area contributed by atoms with Crippen LogP contribution in [0.5, 0.6) is 5.75 Å². The molecule has 4 aromatic rings. The normalized spacial score (nSPS) is 13.8. The standard InChI is InChI=1S/C24H23ClN6O2/c1-16-10-21(31-7-6-26-15-31)18-4-3-5-22(23(18)28-16)33-14-19-17(11-27-12-20(19)25)13-30-9-8-29(2)24(30)32/h3-7,10-12,15H,8-9,13-14H2,1-2H3. The molecule has 0 radical (unpaired) electrons. The molecule has 0 saturated carbocycles. The van der Waals surface area contributed by atoms with Crippen molar-refractivity contribution in [2.45, 2.75) is 20.1 Å². The fourth-order valence-corrected chi connectivity index (χ4v) is 4.30. The minimum Gasteiger partial charge on any atom is -0.487 e. The second-order valence-corrected chi connectivity index (χ2v) is 8.49. The first-order valence-electron chi connectivity index (χ1n) is 10.6. The summed E-state index contributed by atoms with van der Waals surface area (Å²) >= 11 is 6.50. The Morgan fingerprint density at radius 3 is 2.82 bits per heavy atom. The zero-order valence-electron chi connectivity index (χ0n) is 18.4. The van der Waals surface area contributed by atoms with E-state index in [1.807, 2.05) is 42.0 Å². The van der Waals surface area contributed by atoms with E-state index < -0.39 is 0 Å². The van der Waals surface area contributed by atoms with Crippen molar-refractivity contribution in [2.24, 2.45) is 0 Å². The van der Waals surface area contributed by atoms with Gasteiger partial charge in [-0.05, 0) is 24.6 Å². The highest BCUT2D eigenvalue weighted by atomic mass is 35.5. The van der Waals surface area contributed by atoms with E-state index in [0.717, 1.165) is 33.4 Å². The van der Waals surface area contributed by atoms with Crippen LogP contribution < -0.4 is 4.74 Å². The van der Waals surface area contributed by atoms with Gasteiger partial charge in [0.2, 0.25) is 0 Å². The van der Waals surface area contributed by atoms with Gasteiger partial charge in [-0.2, -0.15) is 0 Å². The molecule has 168 valence electrons. The Bertz CT molecular complexity index is 1320. The molecule has 9 heteroatoms. The summed E-state index contributed by atoms with van der Waals surface area (Å²) in [6.07, 6.45) is 8.77. The number of aromatic nitrogens is 4. The summed E-state index contributed by atoms with van der Waals surface area (Å²) in [6, 6.07) is 7.89. The van der Waals surface area contributed by atoms with Crippen LogP contribution in [0.1, 0.15) is 16.8 Å². The fraction of sp³-hybridized carbons (Fsp3) is 0.250. The van der Waals surface area contributed by atoms with E-state index in [9.17, 15) is 4.79 Å². The first-order valence-corrected chi connectivity index (χ1v) is 11.0. The highest BCUT2D eigenvalue weighted by molar-refractivity contribution is 6.31. The van der Waals surface area contributed by atoms with Crippen molar-refractivity contribution in [3.8, 4) is 11.4 Å². The van der Waals surface area contributed by atoms with Crippen LogP contribution in [0.3, 0.4) is 0 Å². The predicted octanol–water partition coefficient (Wildman–Crippen LogP) is 4.22. The monoisotopic (exact) mass is 462 g/mol. The molecule has 0 aliphatic carbocycles. The quantitative estimate of drug-likeness (QED) is 0.428. The van der Waals surface area contributed by atoms with Crippen LogP contribution in [0.25, 0.3) is 16.6 Å². The highest BCUT2D eigenvalue weighted by Crippen LogP contribution is 2.31. The summed E-state index contributed by atoms with van der Waals surface area (Å²) in [4.78, 5) is 29.0. The van der Waals surface area contributed by atoms with Gasteiger partial charge >= 0.3 is 6.03 Å². The van der Waals surface area contributed by atoms with Gasteiger partial charge in [0.05, 0.1) is 17.0 Å². The van der Waals surface area contributed by atoms with Gasteiger partial charge in [-0.1, -0.05) is 23.7 Å². The van der Waals surface area contributed by atoms with Crippen LogP contribution in [-0.4, -0.2) is 55.5 Å². The van der Waals surface area contributed by atoms with E-state index in [1.54, 1.807) is 41.8 Å². The van der Waals surface area contributed by atoms with Crippen molar-refractivity contribution in [1.82, 2.24) is 29.3 Å². The van der Waals surface area contributed by atoms with Crippen LogP contribution in [0.4, 0.5) is 4.79 Å². The smallest absolute Gasteiger partial charge is 0.320 e. The molecule has 4 heterocycles. The van der Waals surface area contributed by atoms with Gasteiger partial charge in [-0.25, -0.2) is 14.8 Å². The van der Waals surface area contributed by atoms with Crippen molar-refractivity contribution in [3.63, 3.8) is 0 Å². The van der Waals surface area contributed by atoms with Gasteiger partial charge in [0.25, 0.3) is 0 Å². The van der Waals surface area contributed by atoms with Gasteiger partial charge in [-0.3, -0.25) is 4.98 Å². The molecular weight excluding hydrogens is 440 g/mol. The zero-order valence-corrected chi connectivity index (χ0v) is 19.2. The molecule has 0 unspecified atom stereocenters. The number of imidazole rings is 1. The summed E-state index contributed by atoms with van der Waals surface area (Å²) in [5, 5.41) is 1.47.